The minimum atomic E-state index is -1.08. The van der Waals surface area contributed by atoms with Crippen molar-refractivity contribution < 1.29 is 14.4 Å². The van der Waals surface area contributed by atoms with Crippen LogP contribution in [0.5, 0.6) is 0 Å². The average molecular weight is 331 g/mol. The number of urea groups is 1. The summed E-state index contributed by atoms with van der Waals surface area (Å²) in [6.07, 6.45) is 1.22. The number of nitrogens with zero attached hydrogens (tertiary/aromatic N) is 1. The third kappa shape index (κ3) is 3.58. The van der Waals surface area contributed by atoms with Gasteiger partial charge in [0.05, 0.1) is 0 Å². The lowest BCUT2D eigenvalue weighted by atomic mass is 9.85. The zero-order valence-corrected chi connectivity index (χ0v) is 14.5. The van der Waals surface area contributed by atoms with E-state index in [2.05, 4.69) is 10.6 Å². The zero-order chi connectivity index (χ0) is 17.7. The molecule has 0 spiro atoms. The normalized spacial score (nSPS) is 20.4. The van der Waals surface area contributed by atoms with Crippen molar-refractivity contribution in [3.63, 3.8) is 0 Å². The third-order valence-electron chi connectivity index (χ3n) is 4.08. The second kappa shape index (κ2) is 7.47. The van der Waals surface area contributed by atoms with Gasteiger partial charge >= 0.3 is 6.03 Å². The number of rotatable bonds is 7. The summed E-state index contributed by atoms with van der Waals surface area (Å²) in [5, 5.41) is 5.55. The van der Waals surface area contributed by atoms with Crippen LogP contribution >= 0.6 is 0 Å². The molecule has 1 atom stereocenters. The lowest BCUT2D eigenvalue weighted by Gasteiger charge is -2.26. The second-order valence-corrected chi connectivity index (χ2v) is 6.54. The fourth-order valence-electron chi connectivity index (χ4n) is 2.89. The van der Waals surface area contributed by atoms with Gasteiger partial charge in [0.2, 0.25) is 5.91 Å². The molecule has 1 aromatic carbocycles. The van der Waals surface area contributed by atoms with Gasteiger partial charge in [-0.25, -0.2) is 4.79 Å². The van der Waals surface area contributed by atoms with Crippen molar-refractivity contribution in [1.82, 2.24) is 15.5 Å². The lowest BCUT2D eigenvalue weighted by molar-refractivity contribution is -0.135. The summed E-state index contributed by atoms with van der Waals surface area (Å²) in [5.41, 5.74) is -0.332. The Morgan fingerprint density at radius 2 is 1.92 bits per heavy atom. The number of nitrogens with one attached hydrogen (secondary N) is 2. The van der Waals surface area contributed by atoms with Crippen LogP contribution < -0.4 is 10.6 Å². The first-order valence-corrected chi connectivity index (χ1v) is 8.37. The highest BCUT2D eigenvalue weighted by Gasteiger charge is 2.52. The first-order valence-electron chi connectivity index (χ1n) is 8.37. The van der Waals surface area contributed by atoms with Crippen LogP contribution in [0.4, 0.5) is 4.79 Å². The molecule has 0 unspecified atom stereocenters. The maximum absolute atomic E-state index is 13.0. The number of hydrogen-bond donors (Lipinski definition) is 2. The molecule has 1 aliphatic rings. The summed E-state index contributed by atoms with van der Waals surface area (Å²) in [4.78, 5) is 38.3. The van der Waals surface area contributed by atoms with Gasteiger partial charge in [-0.3, -0.25) is 14.5 Å². The van der Waals surface area contributed by atoms with E-state index in [-0.39, 0.29) is 18.4 Å². The van der Waals surface area contributed by atoms with E-state index in [0.29, 0.717) is 18.9 Å². The van der Waals surface area contributed by atoms with Gasteiger partial charge in [-0.2, -0.15) is 0 Å². The molecule has 1 aromatic rings. The monoisotopic (exact) mass is 331 g/mol. The fourth-order valence-corrected chi connectivity index (χ4v) is 2.89. The molecule has 1 aliphatic heterocycles. The molecule has 4 amide bonds. The Labute approximate surface area is 142 Å². The van der Waals surface area contributed by atoms with Gasteiger partial charge in [0, 0.05) is 6.54 Å². The zero-order valence-electron chi connectivity index (χ0n) is 14.5. The Balaban J connectivity index is 2.20. The second-order valence-electron chi connectivity index (χ2n) is 6.54. The van der Waals surface area contributed by atoms with E-state index in [1.54, 1.807) is 0 Å². The summed E-state index contributed by atoms with van der Waals surface area (Å²) in [7, 11) is 0. The van der Waals surface area contributed by atoms with Gasteiger partial charge in [-0.05, 0) is 17.9 Å². The van der Waals surface area contributed by atoms with Crippen LogP contribution in [-0.4, -0.2) is 35.8 Å². The molecule has 0 aliphatic carbocycles. The molecular formula is C18H25N3O3. The lowest BCUT2D eigenvalue weighted by Crippen LogP contribution is -2.45. The van der Waals surface area contributed by atoms with Crippen molar-refractivity contribution in [3.05, 3.63) is 35.9 Å². The van der Waals surface area contributed by atoms with Crippen LogP contribution in [0.3, 0.4) is 0 Å². The summed E-state index contributed by atoms with van der Waals surface area (Å²) in [5.74, 6) is -0.381. The molecule has 6 nitrogen and oxygen atoms in total. The highest BCUT2D eigenvalue weighted by molar-refractivity contribution is 6.09. The van der Waals surface area contributed by atoms with Gasteiger partial charge < -0.3 is 10.6 Å². The van der Waals surface area contributed by atoms with Crippen molar-refractivity contribution in [2.24, 2.45) is 5.92 Å². The number of benzene rings is 1. The molecule has 2 N–H and O–H groups in total. The van der Waals surface area contributed by atoms with Crippen molar-refractivity contribution in [2.75, 3.05) is 13.1 Å². The van der Waals surface area contributed by atoms with E-state index in [4.69, 9.17) is 0 Å². The molecule has 130 valence electrons. The molecule has 1 saturated heterocycles. The fraction of sp³-hybridized carbons (Fsp3) is 0.500. The van der Waals surface area contributed by atoms with Gasteiger partial charge in [0.25, 0.3) is 5.91 Å². The highest BCUT2D eigenvalue weighted by Crippen LogP contribution is 2.33. The standard InChI is InChI=1S/C18H25N3O3/c1-4-10-18(14-8-6-5-7-9-14)16(23)21(17(24)20-18)12-15(22)19-11-13(2)3/h5-9,13H,4,10-12H2,1-3H3,(H,19,22)(H,20,24)/t18-/m1/s1. The summed E-state index contributed by atoms with van der Waals surface area (Å²) in [6.45, 7) is 6.18. The summed E-state index contributed by atoms with van der Waals surface area (Å²) < 4.78 is 0. The third-order valence-corrected chi connectivity index (χ3v) is 4.08. The first-order chi connectivity index (χ1) is 11.4. The van der Waals surface area contributed by atoms with Crippen LogP contribution in [0, 0.1) is 5.92 Å². The predicted molar refractivity (Wildman–Crippen MR) is 91.1 cm³/mol. The van der Waals surface area contributed by atoms with E-state index in [1.807, 2.05) is 51.1 Å². The maximum Gasteiger partial charge on any atom is 0.325 e. The predicted octanol–water partition coefficient (Wildman–Crippen LogP) is 2.01. The molecule has 1 heterocycles. The maximum atomic E-state index is 13.0. The molecule has 1 fully saturated rings. The molecular weight excluding hydrogens is 306 g/mol. The summed E-state index contributed by atoms with van der Waals surface area (Å²) in [6, 6.07) is 8.68. The van der Waals surface area contributed by atoms with Crippen molar-refractivity contribution in [1.29, 1.82) is 0 Å². The van der Waals surface area contributed by atoms with Gasteiger partial charge in [0.1, 0.15) is 12.1 Å². The molecule has 0 aromatic heterocycles. The van der Waals surface area contributed by atoms with Crippen LogP contribution in [0.15, 0.2) is 30.3 Å². The quantitative estimate of drug-likeness (QED) is 0.750. The van der Waals surface area contributed by atoms with Crippen LogP contribution in [0.2, 0.25) is 0 Å². The SMILES string of the molecule is CCC[C@]1(c2ccccc2)NC(=O)N(CC(=O)NCC(C)C)C1=O. The Kier molecular flexibility index (Phi) is 5.59. The molecule has 6 heteroatoms. The van der Waals surface area contributed by atoms with Crippen molar-refractivity contribution in [3.8, 4) is 0 Å². The van der Waals surface area contributed by atoms with Crippen LogP contribution in [-0.2, 0) is 15.1 Å². The molecule has 24 heavy (non-hydrogen) atoms. The largest absolute Gasteiger partial charge is 0.354 e. The first kappa shape index (κ1) is 18.0. The van der Waals surface area contributed by atoms with Gasteiger partial charge in [0.15, 0.2) is 0 Å². The van der Waals surface area contributed by atoms with Crippen LogP contribution in [0.25, 0.3) is 0 Å². The summed E-state index contributed by atoms with van der Waals surface area (Å²) >= 11 is 0. The van der Waals surface area contributed by atoms with Crippen molar-refractivity contribution in [2.45, 2.75) is 39.2 Å². The Morgan fingerprint density at radius 1 is 1.25 bits per heavy atom. The number of amides is 4. The minimum Gasteiger partial charge on any atom is -0.354 e. The Morgan fingerprint density at radius 3 is 2.50 bits per heavy atom. The van der Waals surface area contributed by atoms with E-state index < -0.39 is 11.6 Å². The van der Waals surface area contributed by atoms with E-state index in [0.717, 1.165) is 16.9 Å². The minimum absolute atomic E-state index is 0.254. The van der Waals surface area contributed by atoms with Gasteiger partial charge in [-0.15, -0.1) is 0 Å². The Hall–Kier alpha value is -2.37. The van der Waals surface area contributed by atoms with Crippen molar-refractivity contribution >= 4 is 17.8 Å². The number of hydrogen-bond acceptors (Lipinski definition) is 3. The van der Waals surface area contributed by atoms with E-state index in [1.165, 1.54) is 0 Å². The smallest absolute Gasteiger partial charge is 0.325 e. The van der Waals surface area contributed by atoms with E-state index in [9.17, 15) is 14.4 Å². The number of carbonyl (C=O) groups excluding carboxylic acids is 3. The van der Waals surface area contributed by atoms with E-state index >= 15 is 0 Å². The molecule has 0 bridgehead atoms. The van der Waals surface area contributed by atoms with Gasteiger partial charge in [-0.1, -0.05) is 57.5 Å². The molecule has 2 rings (SSSR count). The number of carbonyl (C=O) groups is 3. The molecule has 0 saturated carbocycles. The average Bonchev–Trinajstić information content (AvgIpc) is 2.79. The molecule has 0 radical (unpaired) electrons. The Bertz CT molecular complexity index is 615. The highest BCUT2D eigenvalue weighted by atomic mass is 16.2. The number of imide groups is 1. The van der Waals surface area contributed by atoms with Crippen LogP contribution in [0.1, 0.15) is 39.2 Å². The topological polar surface area (TPSA) is 78.5 Å².